The third-order valence-corrected chi connectivity index (χ3v) is 1.63. The van der Waals surface area contributed by atoms with Crippen LogP contribution in [0.3, 0.4) is 0 Å². The third-order valence-electron chi connectivity index (χ3n) is 1.63. The largest absolute Gasteiger partial charge is 0.234 e. The Hall–Kier alpha value is -1.64. The molecule has 1 aromatic heterocycles. The highest BCUT2D eigenvalue weighted by Crippen LogP contribution is 2.15. The highest BCUT2D eigenvalue weighted by atomic mass is 19.2. The van der Waals surface area contributed by atoms with Gasteiger partial charge in [0.2, 0.25) is 0 Å². The molecular formula is C9H7FN2. The minimum atomic E-state index is 0.343. The smallest absolute Gasteiger partial charge is 0.169 e. The topological polar surface area (TPSA) is 17.8 Å². The highest BCUT2D eigenvalue weighted by Gasteiger charge is 2.02. The van der Waals surface area contributed by atoms with Gasteiger partial charge in [-0.05, 0) is 0 Å². The first-order chi connectivity index (χ1) is 5.88. The van der Waals surface area contributed by atoms with Gasteiger partial charge in [-0.15, -0.1) is 0 Å². The fourth-order valence-corrected chi connectivity index (χ4v) is 1.07. The van der Waals surface area contributed by atoms with E-state index < -0.39 is 0 Å². The summed E-state index contributed by atoms with van der Waals surface area (Å²) < 4.78 is 12.9. The number of nitrogens with zero attached hydrogens (tertiary/aromatic N) is 2. The first-order valence-electron chi connectivity index (χ1n) is 3.63. The molecule has 0 radical (unpaired) electrons. The lowest BCUT2D eigenvalue weighted by Crippen LogP contribution is -1.85. The summed E-state index contributed by atoms with van der Waals surface area (Å²) >= 11 is 0. The summed E-state index contributed by atoms with van der Waals surface area (Å²) in [5, 5.41) is 0. The second kappa shape index (κ2) is 2.77. The van der Waals surface area contributed by atoms with Crippen LogP contribution in [-0.2, 0) is 0 Å². The Morgan fingerprint density at radius 1 is 1.17 bits per heavy atom. The maximum absolute atomic E-state index is 12.9. The maximum atomic E-state index is 12.9. The standard InChI is InChI=1S/C9H7FN2/c10-12-7-6-11-9(12)8-4-2-1-3-5-8/h1-7H. The van der Waals surface area contributed by atoms with Crippen LogP contribution in [0.5, 0.6) is 0 Å². The van der Waals surface area contributed by atoms with Crippen molar-refractivity contribution in [1.29, 1.82) is 0 Å². The lowest BCUT2D eigenvalue weighted by Gasteiger charge is -1.96. The van der Waals surface area contributed by atoms with Crippen molar-refractivity contribution >= 4 is 0 Å². The number of hydrogen-bond acceptors (Lipinski definition) is 1. The van der Waals surface area contributed by atoms with Gasteiger partial charge >= 0.3 is 0 Å². The maximum Gasteiger partial charge on any atom is 0.169 e. The molecule has 0 spiro atoms. The molecule has 3 heteroatoms. The Morgan fingerprint density at radius 2 is 1.92 bits per heavy atom. The van der Waals surface area contributed by atoms with E-state index in [1.807, 2.05) is 30.3 Å². The molecule has 2 rings (SSSR count). The molecule has 1 heterocycles. The molecule has 2 nitrogen and oxygen atoms in total. The molecule has 0 amide bonds. The van der Waals surface area contributed by atoms with Crippen LogP contribution in [0.25, 0.3) is 11.4 Å². The molecule has 0 saturated heterocycles. The van der Waals surface area contributed by atoms with Crippen molar-refractivity contribution in [3.05, 3.63) is 42.7 Å². The second-order valence-electron chi connectivity index (χ2n) is 2.43. The van der Waals surface area contributed by atoms with E-state index in [-0.39, 0.29) is 0 Å². The summed E-state index contributed by atoms with van der Waals surface area (Å²) in [4.78, 5) is 4.38. The summed E-state index contributed by atoms with van der Waals surface area (Å²) in [5.74, 6) is 0.343. The zero-order valence-corrected chi connectivity index (χ0v) is 6.31. The number of rotatable bonds is 1. The first kappa shape index (κ1) is 7.03. The van der Waals surface area contributed by atoms with E-state index in [9.17, 15) is 4.48 Å². The van der Waals surface area contributed by atoms with Crippen LogP contribution < -0.4 is 0 Å². The van der Waals surface area contributed by atoms with Crippen molar-refractivity contribution in [1.82, 2.24) is 9.77 Å². The van der Waals surface area contributed by atoms with Gasteiger partial charge in [0.1, 0.15) is 0 Å². The van der Waals surface area contributed by atoms with Gasteiger partial charge in [0.25, 0.3) is 0 Å². The van der Waals surface area contributed by atoms with Gasteiger partial charge in [-0.3, -0.25) is 0 Å². The Kier molecular flexibility index (Phi) is 1.63. The van der Waals surface area contributed by atoms with Gasteiger partial charge in [0.05, 0.1) is 6.20 Å². The van der Waals surface area contributed by atoms with Gasteiger partial charge in [-0.2, -0.15) is 4.79 Å². The van der Waals surface area contributed by atoms with Crippen LogP contribution in [-0.4, -0.2) is 9.77 Å². The Balaban J connectivity index is 2.51. The first-order valence-corrected chi connectivity index (χ1v) is 3.63. The molecule has 0 aliphatic heterocycles. The number of halogens is 1. The molecule has 0 fully saturated rings. The molecule has 0 saturated carbocycles. The molecule has 0 aliphatic carbocycles. The summed E-state index contributed by atoms with van der Waals surface area (Å²) in [7, 11) is 0. The van der Waals surface area contributed by atoms with Gasteiger partial charge in [-0.1, -0.05) is 34.8 Å². The summed E-state index contributed by atoms with van der Waals surface area (Å²) in [6.45, 7) is 0. The Morgan fingerprint density at radius 3 is 2.50 bits per heavy atom. The number of imidazole rings is 1. The minimum absolute atomic E-state index is 0.343. The molecule has 12 heavy (non-hydrogen) atoms. The summed E-state index contributed by atoms with van der Waals surface area (Å²) in [6, 6.07) is 9.22. The molecule has 0 N–H and O–H groups in total. The molecule has 0 bridgehead atoms. The fraction of sp³-hybridized carbons (Fsp3) is 0. The average molecular weight is 162 g/mol. The van der Waals surface area contributed by atoms with Crippen molar-refractivity contribution in [2.45, 2.75) is 0 Å². The third kappa shape index (κ3) is 1.09. The zero-order valence-electron chi connectivity index (χ0n) is 6.31. The summed E-state index contributed by atoms with van der Waals surface area (Å²) in [6.07, 6.45) is 2.71. The molecule has 0 aliphatic rings. The van der Waals surface area contributed by atoms with E-state index in [4.69, 9.17) is 0 Å². The molecule has 1 aromatic carbocycles. The zero-order chi connectivity index (χ0) is 8.39. The van der Waals surface area contributed by atoms with Gasteiger partial charge in [0.15, 0.2) is 5.82 Å². The van der Waals surface area contributed by atoms with Crippen molar-refractivity contribution in [2.75, 3.05) is 0 Å². The monoisotopic (exact) mass is 162 g/mol. The molecule has 2 aromatic rings. The van der Waals surface area contributed by atoms with Crippen molar-refractivity contribution < 1.29 is 4.48 Å². The fourth-order valence-electron chi connectivity index (χ4n) is 1.07. The van der Waals surface area contributed by atoms with Gasteiger partial charge in [-0.25, -0.2) is 4.98 Å². The van der Waals surface area contributed by atoms with Crippen LogP contribution in [0.1, 0.15) is 0 Å². The number of aromatic nitrogens is 2. The Bertz CT molecular complexity index is 367. The number of benzene rings is 1. The molecular weight excluding hydrogens is 155 g/mol. The van der Waals surface area contributed by atoms with Crippen LogP contribution in [0.4, 0.5) is 4.48 Å². The predicted molar refractivity (Wildman–Crippen MR) is 44.2 cm³/mol. The van der Waals surface area contributed by atoms with Crippen molar-refractivity contribution in [2.24, 2.45) is 0 Å². The second-order valence-corrected chi connectivity index (χ2v) is 2.43. The SMILES string of the molecule is Fn1ccnc1-c1ccccc1. The van der Waals surface area contributed by atoms with Crippen LogP contribution in [0, 0.1) is 0 Å². The van der Waals surface area contributed by atoms with Crippen LogP contribution >= 0.6 is 0 Å². The minimum Gasteiger partial charge on any atom is -0.234 e. The van der Waals surface area contributed by atoms with Crippen LogP contribution in [0.15, 0.2) is 42.7 Å². The predicted octanol–water partition coefficient (Wildman–Crippen LogP) is 2.28. The van der Waals surface area contributed by atoms with E-state index in [2.05, 4.69) is 4.98 Å². The summed E-state index contributed by atoms with van der Waals surface area (Å²) in [5.41, 5.74) is 0.782. The lowest BCUT2D eigenvalue weighted by atomic mass is 10.2. The van der Waals surface area contributed by atoms with E-state index >= 15 is 0 Å². The lowest BCUT2D eigenvalue weighted by molar-refractivity contribution is 0.375. The van der Waals surface area contributed by atoms with Crippen LogP contribution in [0.2, 0.25) is 0 Å². The van der Waals surface area contributed by atoms with E-state index in [1.165, 1.54) is 12.4 Å². The number of hydrogen-bond donors (Lipinski definition) is 0. The average Bonchev–Trinajstić information content (AvgIpc) is 2.53. The quantitative estimate of drug-likeness (QED) is 0.629. The van der Waals surface area contributed by atoms with Crippen molar-refractivity contribution in [3.63, 3.8) is 0 Å². The van der Waals surface area contributed by atoms with E-state index in [1.54, 1.807) is 0 Å². The highest BCUT2D eigenvalue weighted by molar-refractivity contribution is 5.54. The molecule has 0 atom stereocenters. The van der Waals surface area contributed by atoms with E-state index in [0.717, 1.165) is 5.56 Å². The molecule has 0 unspecified atom stereocenters. The van der Waals surface area contributed by atoms with Crippen molar-refractivity contribution in [3.8, 4) is 11.4 Å². The Labute approximate surface area is 69.2 Å². The van der Waals surface area contributed by atoms with Gasteiger partial charge < -0.3 is 0 Å². The van der Waals surface area contributed by atoms with Gasteiger partial charge in [0, 0.05) is 11.8 Å². The molecule has 60 valence electrons. The van der Waals surface area contributed by atoms with E-state index in [0.29, 0.717) is 10.6 Å². The normalized spacial score (nSPS) is 10.1.